The second kappa shape index (κ2) is 7.72. The summed E-state index contributed by atoms with van der Waals surface area (Å²) >= 11 is 1.70. The summed E-state index contributed by atoms with van der Waals surface area (Å²) in [6, 6.07) is 12.2. The Balaban J connectivity index is 1.40. The molecule has 2 aliphatic rings. The number of fused-ring (bicyclic) bond motifs is 1. The molecule has 140 valence electrons. The summed E-state index contributed by atoms with van der Waals surface area (Å²) in [6.07, 6.45) is 2.56. The van der Waals surface area contributed by atoms with E-state index in [1.54, 1.807) is 22.7 Å². The average Bonchev–Trinajstić information content (AvgIpc) is 3.09. The Bertz CT molecular complexity index is 869. The summed E-state index contributed by atoms with van der Waals surface area (Å²) in [6.45, 7) is 0.758. The highest BCUT2D eigenvalue weighted by Crippen LogP contribution is 2.36. The van der Waals surface area contributed by atoms with Crippen LogP contribution in [0.1, 0.15) is 36.4 Å². The largest absolute Gasteiger partial charge is 0.349 e. The van der Waals surface area contributed by atoms with E-state index in [-0.39, 0.29) is 30.1 Å². The summed E-state index contributed by atoms with van der Waals surface area (Å²) < 4.78 is 13.6. The first kappa shape index (κ1) is 18.0. The van der Waals surface area contributed by atoms with Crippen molar-refractivity contribution in [1.29, 1.82) is 0 Å². The van der Waals surface area contributed by atoms with Crippen molar-refractivity contribution in [3.63, 3.8) is 0 Å². The molecular weight excluding hydrogens is 363 g/mol. The summed E-state index contributed by atoms with van der Waals surface area (Å²) in [7, 11) is 0. The highest BCUT2D eigenvalue weighted by Gasteiger charge is 2.24. The number of rotatable bonds is 4. The number of carbonyl (C=O) groups is 2. The Morgan fingerprint density at radius 2 is 2.04 bits per heavy atom. The fourth-order valence-electron chi connectivity index (χ4n) is 3.66. The first-order valence-electron chi connectivity index (χ1n) is 9.21. The van der Waals surface area contributed by atoms with Gasteiger partial charge in [0.15, 0.2) is 0 Å². The van der Waals surface area contributed by atoms with Crippen LogP contribution in [0.2, 0.25) is 0 Å². The first-order valence-corrected chi connectivity index (χ1v) is 10.2. The van der Waals surface area contributed by atoms with Crippen LogP contribution in [-0.4, -0.2) is 24.1 Å². The number of hydrogen-bond acceptors (Lipinski definition) is 3. The second-order valence-electron chi connectivity index (χ2n) is 6.93. The third-order valence-corrected chi connectivity index (χ3v) is 6.16. The molecule has 0 spiro atoms. The fourth-order valence-corrected chi connectivity index (χ4v) is 4.77. The molecule has 2 heterocycles. The minimum Gasteiger partial charge on any atom is -0.349 e. The van der Waals surface area contributed by atoms with E-state index in [0.29, 0.717) is 6.42 Å². The fraction of sp³-hybridized carbons (Fsp3) is 0.333. The highest BCUT2D eigenvalue weighted by atomic mass is 32.2. The monoisotopic (exact) mass is 384 g/mol. The smallest absolute Gasteiger partial charge is 0.227 e. The zero-order chi connectivity index (χ0) is 18.8. The topological polar surface area (TPSA) is 49.4 Å². The Morgan fingerprint density at radius 1 is 1.22 bits per heavy atom. The SMILES string of the molecule is O=C(Cc1ccc(N2CCCC2=O)cc1)N[C@H]1CCSc2ccc(F)cc21. The number of thioether (sulfide) groups is 1. The normalized spacial score (nSPS) is 19.1. The second-order valence-corrected chi connectivity index (χ2v) is 8.07. The van der Waals surface area contributed by atoms with Crippen molar-refractivity contribution in [3.8, 4) is 0 Å². The van der Waals surface area contributed by atoms with Crippen LogP contribution in [0, 0.1) is 5.82 Å². The quantitative estimate of drug-likeness (QED) is 0.871. The molecule has 1 saturated heterocycles. The van der Waals surface area contributed by atoms with Gasteiger partial charge in [-0.2, -0.15) is 0 Å². The molecule has 0 aliphatic carbocycles. The average molecular weight is 384 g/mol. The van der Waals surface area contributed by atoms with Crippen LogP contribution >= 0.6 is 11.8 Å². The van der Waals surface area contributed by atoms with E-state index in [2.05, 4.69) is 5.32 Å². The Kier molecular flexibility index (Phi) is 5.16. The van der Waals surface area contributed by atoms with Gasteiger partial charge in [-0.25, -0.2) is 4.39 Å². The lowest BCUT2D eigenvalue weighted by molar-refractivity contribution is -0.121. The molecule has 0 unspecified atom stereocenters. The maximum atomic E-state index is 13.6. The zero-order valence-electron chi connectivity index (χ0n) is 14.9. The van der Waals surface area contributed by atoms with E-state index in [0.717, 1.165) is 46.8 Å². The van der Waals surface area contributed by atoms with Gasteiger partial charge in [0.1, 0.15) is 5.82 Å². The predicted molar refractivity (Wildman–Crippen MR) is 104 cm³/mol. The molecule has 0 bridgehead atoms. The molecule has 0 saturated carbocycles. The number of carbonyl (C=O) groups excluding carboxylic acids is 2. The molecule has 1 atom stereocenters. The Morgan fingerprint density at radius 3 is 2.78 bits per heavy atom. The molecule has 4 rings (SSSR count). The highest BCUT2D eigenvalue weighted by molar-refractivity contribution is 7.99. The molecule has 27 heavy (non-hydrogen) atoms. The van der Waals surface area contributed by atoms with Gasteiger partial charge in [-0.05, 0) is 54.3 Å². The van der Waals surface area contributed by atoms with Crippen molar-refractivity contribution in [2.45, 2.75) is 36.6 Å². The van der Waals surface area contributed by atoms with Crippen LogP contribution in [0.4, 0.5) is 10.1 Å². The van der Waals surface area contributed by atoms with Gasteiger partial charge in [0.25, 0.3) is 0 Å². The Hall–Kier alpha value is -2.34. The van der Waals surface area contributed by atoms with Crippen molar-refractivity contribution in [3.05, 3.63) is 59.4 Å². The number of anilines is 1. The minimum absolute atomic E-state index is 0.0767. The van der Waals surface area contributed by atoms with Crippen molar-refractivity contribution in [2.24, 2.45) is 0 Å². The van der Waals surface area contributed by atoms with Crippen molar-refractivity contribution < 1.29 is 14.0 Å². The molecule has 0 aromatic heterocycles. The lowest BCUT2D eigenvalue weighted by atomic mass is 10.0. The predicted octanol–water partition coefficient (Wildman–Crippen LogP) is 3.85. The van der Waals surface area contributed by atoms with E-state index in [1.165, 1.54) is 12.1 Å². The summed E-state index contributed by atoms with van der Waals surface area (Å²) in [5.41, 5.74) is 2.64. The summed E-state index contributed by atoms with van der Waals surface area (Å²) in [5, 5.41) is 3.04. The van der Waals surface area contributed by atoms with Gasteiger partial charge >= 0.3 is 0 Å². The zero-order valence-corrected chi connectivity index (χ0v) is 15.7. The third-order valence-electron chi connectivity index (χ3n) is 5.03. The number of benzene rings is 2. The van der Waals surface area contributed by atoms with Gasteiger partial charge < -0.3 is 10.2 Å². The maximum absolute atomic E-state index is 13.6. The van der Waals surface area contributed by atoms with E-state index < -0.39 is 0 Å². The number of hydrogen-bond donors (Lipinski definition) is 1. The summed E-state index contributed by atoms with van der Waals surface area (Å²) in [4.78, 5) is 27.1. The van der Waals surface area contributed by atoms with E-state index in [1.807, 2.05) is 24.3 Å². The van der Waals surface area contributed by atoms with Crippen LogP contribution in [0.25, 0.3) is 0 Å². The molecule has 4 nitrogen and oxygen atoms in total. The van der Waals surface area contributed by atoms with Gasteiger partial charge in [-0.15, -0.1) is 11.8 Å². The van der Waals surface area contributed by atoms with Crippen LogP contribution in [0.3, 0.4) is 0 Å². The molecule has 6 heteroatoms. The van der Waals surface area contributed by atoms with E-state index in [9.17, 15) is 14.0 Å². The Labute approximate surface area is 162 Å². The maximum Gasteiger partial charge on any atom is 0.227 e. The van der Waals surface area contributed by atoms with Crippen molar-refractivity contribution >= 4 is 29.3 Å². The van der Waals surface area contributed by atoms with Crippen LogP contribution in [0.15, 0.2) is 47.4 Å². The molecule has 2 aromatic rings. The third kappa shape index (κ3) is 4.00. The van der Waals surface area contributed by atoms with E-state index in [4.69, 9.17) is 0 Å². The standard InChI is InChI=1S/C21H21FN2O2S/c22-15-5-8-19-17(13-15)18(9-11-27-19)23-20(25)12-14-3-6-16(7-4-14)24-10-1-2-21(24)26/h3-8,13,18H,1-2,9-12H2,(H,23,25)/t18-/m0/s1. The number of amides is 2. The van der Waals surface area contributed by atoms with Crippen molar-refractivity contribution in [2.75, 3.05) is 17.2 Å². The molecule has 1 fully saturated rings. The lowest BCUT2D eigenvalue weighted by Gasteiger charge is -2.26. The molecular formula is C21H21FN2O2S. The molecule has 1 N–H and O–H groups in total. The van der Waals surface area contributed by atoms with Gasteiger partial charge in [0, 0.05) is 29.3 Å². The molecule has 0 radical (unpaired) electrons. The number of nitrogens with one attached hydrogen (secondary N) is 1. The van der Waals surface area contributed by atoms with Crippen molar-refractivity contribution in [1.82, 2.24) is 5.32 Å². The summed E-state index contributed by atoms with van der Waals surface area (Å²) in [5.74, 6) is 0.707. The van der Waals surface area contributed by atoms with Gasteiger partial charge in [-0.3, -0.25) is 9.59 Å². The molecule has 2 aromatic carbocycles. The number of nitrogens with zero attached hydrogens (tertiary/aromatic N) is 1. The minimum atomic E-state index is -0.275. The molecule has 2 aliphatic heterocycles. The first-order chi connectivity index (χ1) is 13.1. The van der Waals surface area contributed by atoms with E-state index >= 15 is 0 Å². The van der Waals surface area contributed by atoms with Gasteiger partial charge in [0.05, 0.1) is 12.5 Å². The van der Waals surface area contributed by atoms with Crippen LogP contribution in [0.5, 0.6) is 0 Å². The van der Waals surface area contributed by atoms with Crippen LogP contribution < -0.4 is 10.2 Å². The lowest BCUT2D eigenvalue weighted by Crippen LogP contribution is -2.31. The number of halogens is 1. The van der Waals surface area contributed by atoms with Gasteiger partial charge in [-0.1, -0.05) is 12.1 Å². The molecule has 2 amide bonds. The van der Waals surface area contributed by atoms with Crippen LogP contribution in [-0.2, 0) is 16.0 Å². The van der Waals surface area contributed by atoms with Gasteiger partial charge in [0.2, 0.25) is 11.8 Å².